The van der Waals surface area contributed by atoms with Gasteiger partial charge in [-0.15, -0.1) is 0 Å². The van der Waals surface area contributed by atoms with E-state index in [4.69, 9.17) is 0 Å². The van der Waals surface area contributed by atoms with E-state index in [1.54, 1.807) is 13.0 Å². The molecular weight excluding hydrogens is 242 g/mol. The van der Waals surface area contributed by atoms with Crippen LogP contribution in [0.1, 0.15) is 18.4 Å². The van der Waals surface area contributed by atoms with Crippen molar-refractivity contribution < 1.29 is 4.92 Å². The van der Waals surface area contributed by atoms with E-state index in [1.165, 1.54) is 12.8 Å². The summed E-state index contributed by atoms with van der Waals surface area (Å²) in [5.41, 5.74) is 2.04. The molecule has 1 aromatic rings. The lowest BCUT2D eigenvalue weighted by atomic mass is 9.96. The summed E-state index contributed by atoms with van der Waals surface area (Å²) < 4.78 is 0. The van der Waals surface area contributed by atoms with Crippen LogP contribution in [0.25, 0.3) is 0 Å². The van der Waals surface area contributed by atoms with E-state index < -0.39 is 0 Å². The van der Waals surface area contributed by atoms with Crippen molar-refractivity contribution in [3.63, 3.8) is 0 Å². The molecule has 1 heterocycles. The summed E-state index contributed by atoms with van der Waals surface area (Å²) in [4.78, 5) is 12.8. The van der Waals surface area contributed by atoms with Gasteiger partial charge in [0.25, 0.3) is 5.69 Å². The molecule has 0 saturated carbocycles. The first-order valence-electron chi connectivity index (χ1n) is 6.76. The Morgan fingerprint density at radius 2 is 2.11 bits per heavy atom. The van der Waals surface area contributed by atoms with Crippen LogP contribution in [0.4, 0.5) is 11.4 Å². The Kier molecular flexibility index (Phi) is 4.37. The number of nitro benzene ring substituents is 1. The molecule has 0 aromatic heterocycles. The number of anilines is 1. The van der Waals surface area contributed by atoms with Gasteiger partial charge in [-0.25, -0.2) is 0 Å². The van der Waals surface area contributed by atoms with Crippen molar-refractivity contribution in [2.45, 2.75) is 19.8 Å². The molecule has 1 aliphatic rings. The Balaban J connectivity index is 2.04. The average molecular weight is 263 g/mol. The van der Waals surface area contributed by atoms with Crippen LogP contribution < -0.4 is 10.2 Å². The molecule has 5 nitrogen and oxygen atoms in total. The van der Waals surface area contributed by atoms with E-state index in [2.05, 4.69) is 10.2 Å². The summed E-state index contributed by atoms with van der Waals surface area (Å²) in [6.45, 7) is 4.94. The van der Waals surface area contributed by atoms with Gasteiger partial charge < -0.3 is 10.2 Å². The van der Waals surface area contributed by atoms with Gasteiger partial charge in [0.05, 0.1) is 4.92 Å². The molecule has 0 atom stereocenters. The van der Waals surface area contributed by atoms with Crippen molar-refractivity contribution in [2.24, 2.45) is 5.92 Å². The number of nitro groups is 1. The molecule has 1 aromatic carbocycles. The molecule has 0 aliphatic carbocycles. The number of hydrogen-bond donors (Lipinski definition) is 1. The van der Waals surface area contributed by atoms with Crippen LogP contribution in [-0.4, -0.2) is 31.6 Å². The largest absolute Gasteiger partial charge is 0.372 e. The second-order valence-electron chi connectivity index (χ2n) is 5.22. The number of rotatable bonds is 4. The first-order chi connectivity index (χ1) is 9.11. The molecule has 1 aliphatic heterocycles. The Morgan fingerprint density at radius 3 is 2.63 bits per heavy atom. The van der Waals surface area contributed by atoms with Gasteiger partial charge in [-0.1, -0.05) is 0 Å². The highest BCUT2D eigenvalue weighted by atomic mass is 16.6. The van der Waals surface area contributed by atoms with Gasteiger partial charge in [0, 0.05) is 30.4 Å². The summed E-state index contributed by atoms with van der Waals surface area (Å²) in [6, 6.07) is 5.41. The van der Waals surface area contributed by atoms with Crippen molar-refractivity contribution in [1.82, 2.24) is 5.32 Å². The monoisotopic (exact) mass is 263 g/mol. The fourth-order valence-corrected chi connectivity index (χ4v) is 2.73. The normalized spacial score (nSPS) is 16.6. The van der Waals surface area contributed by atoms with E-state index >= 15 is 0 Å². The number of aryl methyl sites for hydroxylation is 1. The summed E-state index contributed by atoms with van der Waals surface area (Å²) in [7, 11) is 1.99. The Hall–Kier alpha value is -1.62. The van der Waals surface area contributed by atoms with Gasteiger partial charge in [-0.2, -0.15) is 0 Å². The number of hydrogen-bond acceptors (Lipinski definition) is 4. The maximum absolute atomic E-state index is 10.8. The second kappa shape index (κ2) is 6.02. The van der Waals surface area contributed by atoms with E-state index in [0.717, 1.165) is 36.8 Å². The zero-order chi connectivity index (χ0) is 13.8. The fourth-order valence-electron chi connectivity index (χ4n) is 2.73. The lowest BCUT2D eigenvalue weighted by Crippen LogP contribution is -2.36. The molecule has 1 saturated heterocycles. The second-order valence-corrected chi connectivity index (χ2v) is 5.22. The summed E-state index contributed by atoms with van der Waals surface area (Å²) in [6.07, 6.45) is 2.35. The quantitative estimate of drug-likeness (QED) is 0.669. The smallest absolute Gasteiger partial charge is 0.272 e. The Morgan fingerprint density at radius 1 is 1.42 bits per heavy atom. The van der Waals surface area contributed by atoms with Gasteiger partial charge in [-0.3, -0.25) is 10.1 Å². The van der Waals surface area contributed by atoms with Crippen molar-refractivity contribution in [1.29, 1.82) is 0 Å². The lowest BCUT2D eigenvalue weighted by molar-refractivity contribution is -0.385. The molecule has 1 fully saturated rings. The lowest BCUT2D eigenvalue weighted by Gasteiger charge is -2.33. The third-order valence-electron chi connectivity index (χ3n) is 3.85. The molecule has 0 spiro atoms. The third kappa shape index (κ3) is 3.23. The zero-order valence-electron chi connectivity index (χ0n) is 11.6. The van der Waals surface area contributed by atoms with Crippen LogP contribution in [-0.2, 0) is 0 Å². The maximum atomic E-state index is 10.8. The molecule has 104 valence electrons. The topological polar surface area (TPSA) is 58.4 Å². The highest BCUT2D eigenvalue weighted by Gasteiger charge is 2.20. The molecule has 2 rings (SSSR count). The molecule has 5 heteroatoms. The highest BCUT2D eigenvalue weighted by Crippen LogP contribution is 2.27. The van der Waals surface area contributed by atoms with Crippen LogP contribution >= 0.6 is 0 Å². The first kappa shape index (κ1) is 13.8. The van der Waals surface area contributed by atoms with Gasteiger partial charge in [-0.05, 0) is 51.4 Å². The molecule has 0 unspecified atom stereocenters. The van der Waals surface area contributed by atoms with Crippen LogP contribution in [0.3, 0.4) is 0 Å². The minimum Gasteiger partial charge on any atom is -0.372 e. The van der Waals surface area contributed by atoms with Gasteiger partial charge >= 0.3 is 0 Å². The zero-order valence-corrected chi connectivity index (χ0v) is 11.6. The van der Waals surface area contributed by atoms with E-state index in [9.17, 15) is 10.1 Å². The first-order valence-corrected chi connectivity index (χ1v) is 6.76. The van der Waals surface area contributed by atoms with E-state index in [-0.39, 0.29) is 10.6 Å². The minimum atomic E-state index is -0.321. The molecular formula is C14H21N3O2. The highest BCUT2D eigenvalue weighted by molar-refractivity contribution is 5.55. The molecule has 0 amide bonds. The predicted octanol–water partition coefficient (Wildman–Crippen LogP) is 2.34. The van der Waals surface area contributed by atoms with Crippen LogP contribution in [0.15, 0.2) is 18.2 Å². The van der Waals surface area contributed by atoms with Crippen molar-refractivity contribution in [3.8, 4) is 0 Å². The van der Waals surface area contributed by atoms with Gasteiger partial charge in [0.2, 0.25) is 0 Å². The summed E-state index contributed by atoms with van der Waals surface area (Å²) >= 11 is 0. The molecule has 19 heavy (non-hydrogen) atoms. The Bertz CT molecular complexity index is 454. The fraction of sp³-hybridized carbons (Fsp3) is 0.571. The van der Waals surface area contributed by atoms with Gasteiger partial charge in [0.15, 0.2) is 0 Å². The SMILES string of the molecule is CNCC1CCN(c2ccc([N+](=O)[O-])c(C)c2)CC1. The predicted molar refractivity (Wildman–Crippen MR) is 76.7 cm³/mol. The van der Waals surface area contributed by atoms with Crippen molar-refractivity contribution in [3.05, 3.63) is 33.9 Å². The summed E-state index contributed by atoms with van der Waals surface area (Å²) in [5, 5.41) is 14.0. The number of piperidine rings is 1. The minimum absolute atomic E-state index is 0.203. The molecule has 1 N–H and O–H groups in total. The number of nitrogens with zero attached hydrogens (tertiary/aromatic N) is 2. The van der Waals surface area contributed by atoms with Crippen molar-refractivity contribution >= 4 is 11.4 Å². The summed E-state index contributed by atoms with van der Waals surface area (Å²) in [5.74, 6) is 0.750. The third-order valence-corrected chi connectivity index (χ3v) is 3.85. The van der Waals surface area contributed by atoms with E-state index in [1.807, 2.05) is 19.2 Å². The van der Waals surface area contributed by atoms with E-state index in [0.29, 0.717) is 0 Å². The number of benzene rings is 1. The molecule has 0 radical (unpaired) electrons. The van der Waals surface area contributed by atoms with Crippen LogP contribution in [0, 0.1) is 23.0 Å². The maximum Gasteiger partial charge on any atom is 0.272 e. The van der Waals surface area contributed by atoms with Crippen molar-refractivity contribution in [2.75, 3.05) is 31.6 Å². The average Bonchev–Trinajstić information content (AvgIpc) is 2.39. The molecule has 0 bridgehead atoms. The van der Waals surface area contributed by atoms with Gasteiger partial charge in [0.1, 0.15) is 0 Å². The number of nitrogens with one attached hydrogen (secondary N) is 1. The van der Waals surface area contributed by atoms with Crippen LogP contribution in [0.5, 0.6) is 0 Å². The standard InChI is InChI=1S/C14H21N3O2/c1-11-9-13(3-4-14(11)17(18)19)16-7-5-12(6-8-16)10-15-2/h3-4,9,12,15H,5-8,10H2,1-2H3. The Labute approximate surface area is 113 Å². The van der Waals surface area contributed by atoms with Crippen LogP contribution in [0.2, 0.25) is 0 Å².